The number of nitrogens with two attached hydrogens (primary N) is 1. The average Bonchev–Trinajstić information content (AvgIpc) is 2.25. The number of carbonyl (C=O) groups excluding carboxylic acids is 1. The van der Waals surface area contributed by atoms with Crippen LogP contribution in [0.2, 0.25) is 0 Å². The van der Waals surface area contributed by atoms with E-state index in [0.717, 1.165) is 17.1 Å². The summed E-state index contributed by atoms with van der Waals surface area (Å²) in [5, 5.41) is 3.06. The summed E-state index contributed by atoms with van der Waals surface area (Å²) >= 11 is 0. The van der Waals surface area contributed by atoms with Crippen LogP contribution in [0.25, 0.3) is 0 Å². The Bertz CT molecular complexity index is 416. The van der Waals surface area contributed by atoms with Crippen molar-refractivity contribution in [3.05, 3.63) is 23.5 Å². The van der Waals surface area contributed by atoms with Crippen molar-refractivity contribution in [2.24, 2.45) is 5.73 Å². The standard InChI is InChI=1S/C12H19N3O2/c1-8-5-10(17-4)6-9(15-8)7-14-12(2,3)11(13)16/h5-6,14H,7H2,1-4H3,(H2,13,16). The number of rotatable bonds is 5. The highest BCUT2D eigenvalue weighted by Gasteiger charge is 2.23. The SMILES string of the molecule is COc1cc(C)nc(CNC(C)(C)C(N)=O)c1. The fraction of sp³-hybridized carbons (Fsp3) is 0.500. The molecule has 0 saturated carbocycles. The van der Waals surface area contributed by atoms with Crippen molar-refractivity contribution in [3.63, 3.8) is 0 Å². The Morgan fingerprint density at radius 1 is 1.53 bits per heavy atom. The van der Waals surface area contributed by atoms with E-state index in [0.29, 0.717) is 6.54 Å². The molecule has 0 atom stereocenters. The molecule has 1 aromatic rings. The van der Waals surface area contributed by atoms with Crippen LogP contribution in [0.1, 0.15) is 25.2 Å². The van der Waals surface area contributed by atoms with Gasteiger partial charge >= 0.3 is 0 Å². The van der Waals surface area contributed by atoms with Crippen LogP contribution in [0.5, 0.6) is 5.75 Å². The maximum Gasteiger partial charge on any atom is 0.237 e. The van der Waals surface area contributed by atoms with E-state index in [1.807, 2.05) is 19.1 Å². The molecule has 0 aromatic carbocycles. The molecule has 0 aliphatic rings. The molecular formula is C12H19N3O2. The summed E-state index contributed by atoms with van der Waals surface area (Å²) in [5.41, 5.74) is 6.21. The molecule has 0 radical (unpaired) electrons. The first kappa shape index (κ1) is 13.4. The summed E-state index contributed by atoms with van der Waals surface area (Å²) in [5.74, 6) is 0.364. The number of nitrogens with zero attached hydrogens (tertiary/aromatic N) is 1. The van der Waals surface area contributed by atoms with Gasteiger partial charge in [-0.3, -0.25) is 15.1 Å². The summed E-state index contributed by atoms with van der Waals surface area (Å²) in [7, 11) is 1.61. The number of aryl methyl sites for hydroxylation is 1. The van der Waals surface area contributed by atoms with Gasteiger partial charge in [0.1, 0.15) is 5.75 Å². The van der Waals surface area contributed by atoms with Gasteiger partial charge in [-0.25, -0.2) is 0 Å². The van der Waals surface area contributed by atoms with Gasteiger partial charge in [-0.05, 0) is 20.8 Å². The molecule has 0 unspecified atom stereocenters. The zero-order chi connectivity index (χ0) is 13.1. The second kappa shape index (κ2) is 5.14. The van der Waals surface area contributed by atoms with Gasteiger partial charge in [0.2, 0.25) is 5.91 Å². The van der Waals surface area contributed by atoms with Crippen molar-refractivity contribution in [3.8, 4) is 5.75 Å². The minimum atomic E-state index is -0.751. The van der Waals surface area contributed by atoms with Gasteiger partial charge in [0, 0.05) is 24.4 Å². The molecule has 0 spiro atoms. The Labute approximate surface area is 101 Å². The highest BCUT2D eigenvalue weighted by molar-refractivity contribution is 5.83. The number of hydrogen-bond acceptors (Lipinski definition) is 4. The first-order chi connectivity index (χ1) is 7.85. The van der Waals surface area contributed by atoms with Gasteiger partial charge in [-0.2, -0.15) is 0 Å². The molecule has 17 heavy (non-hydrogen) atoms. The van der Waals surface area contributed by atoms with Crippen LogP contribution >= 0.6 is 0 Å². The first-order valence-corrected chi connectivity index (χ1v) is 5.41. The fourth-order valence-electron chi connectivity index (χ4n) is 1.31. The van der Waals surface area contributed by atoms with E-state index in [2.05, 4.69) is 10.3 Å². The van der Waals surface area contributed by atoms with E-state index in [-0.39, 0.29) is 0 Å². The zero-order valence-electron chi connectivity index (χ0n) is 10.7. The molecule has 1 amide bonds. The summed E-state index contributed by atoms with van der Waals surface area (Å²) in [6, 6.07) is 3.68. The second-order valence-electron chi connectivity index (χ2n) is 4.48. The molecule has 0 fully saturated rings. The number of ether oxygens (including phenoxy) is 1. The smallest absolute Gasteiger partial charge is 0.237 e. The Hall–Kier alpha value is -1.62. The van der Waals surface area contributed by atoms with Gasteiger partial charge in [0.25, 0.3) is 0 Å². The molecule has 0 aliphatic heterocycles. The largest absolute Gasteiger partial charge is 0.497 e. The molecule has 5 heteroatoms. The molecule has 94 valence electrons. The Kier molecular flexibility index (Phi) is 4.07. The Balaban J connectivity index is 2.76. The van der Waals surface area contributed by atoms with Crippen molar-refractivity contribution in [1.82, 2.24) is 10.3 Å². The number of nitrogens with one attached hydrogen (secondary N) is 1. The fourth-order valence-corrected chi connectivity index (χ4v) is 1.31. The number of carbonyl (C=O) groups is 1. The average molecular weight is 237 g/mol. The molecule has 1 aromatic heterocycles. The van der Waals surface area contributed by atoms with Crippen molar-refractivity contribution < 1.29 is 9.53 Å². The number of methoxy groups -OCH3 is 1. The normalized spacial score (nSPS) is 11.3. The lowest BCUT2D eigenvalue weighted by Gasteiger charge is -2.22. The molecule has 1 heterocycles. The van der Waals surface area contributed by atoms with Gasteiger partial charge in [0.15, 0.2) is 0 Å². The van der Waals surface area contributed by atoms with Crippen LogP contribution in [0, 0.1) is 6.92 Å². The van der Waals surface area contributed by atoms with Gasteiger partial charge in [-0.1, -0.05) is 0 Å². The first-order valence-electron chi connectivity index (χ1n) is 5.41. The lowest BCUT2D eigenvalue weighted by molar-refractivity contribution is -0.123. The van der Waals surface area contributed by atoms with E-state index in [4.69, 9.17) is 10.5 Å². The predicted octanol–water partition coefficient (Wildman–Crippen LogP) is 0.752. The number of pyridine rings is 1. The van der Waals surface area contributed by atoms with Crippen molar-refractivity contribution in [1.29, 1.82) is 0 Å². The minimum absolute atomic E-state index is 0.392. The highest BCUT2D eigenvalue weighted by Crippen LogP contribution is 2.14. The summed E-state index contributed by atoms with van der Waals surface area (Å²) in [6.07, 6.45) is 0. The van der Waals surface area contributed by atoms with Crippen molar-refractivity contribution >= 4 is 5.91 Å². The minimum Gasteiger partial charge on any atom is -0.497 e. The van der Waals surface area contributed by atoms with Crippen LogP contribution < -0.4 is 15.8 Å². The third-order valence-electron chi connectivity index (χ3n) is 2.54. The summed E-state index contributed by atoms with van der Waals surface area (Å²) < 4.78 is 5.16. The van der Waals surface area contributed by atoms with Crippen molar-refractivity contribution in [2.75, 3.05) is 7.11 Å². The Morgan fingerprint density at radius 3 is 2.71 bits per heavy atom. The maximum atomic E-state index is 11.1. The maximum absolute atomic E-state index is 11.1. The second-order valence-corrected chi connectivity index (χ2v) is 4.48. The number of amides is 1. The van der Waals surface area contributed by atoms with Crippen LogP contribution in [0.3, 0.4) is 0 Å². The number of primary amides is 1. The highest BCUT2D eigenvalue weighted by atomic mass is 16.5. The van der Waals surface area contributed by atoms with Crippen LogP contribution in [-0.2, 0) is 11.3 Å². The molecule has 0 saturated heterocycles. The third-order valence-corrected chi connectivity index (χ3v) is 2.54. The van der Waals surface area contributed by atoms with E-state index >= 15 is 0 Å². The Morgan fingerprint density at radius 2 is 2.18 bits per heavy atom. The third kappa shape index (κ3) is 3.71. The quantitative estimate of drug-likeness (QED) is 0.792. The lowest BCUT2D eigenvalue weighted by atomic mass is 10.1. The van der Waals surface area contributed by atoms with Crippen molar-refractivity contribution in [2.45, 2.75) is 32.9 Å². The molecule has 1 rings (SSSR count). The van der Waals surface area contributed by atoms with Gasteiger partial charge in [0.05, 0.1) is 18.3 Å². The van der Waals surface area contributed by atoms with E-state index in [1.165, 1.54) is 0 Å². The number of hydrogen-bond donors (Lipinski definition) is 2. The summed E-state index contributed by atoms with van der Waals surface area (Å²) in [4.78, 5) is 15.5. The molecule has 5 nitrogen and oxygen atoms in total. The topological polar surface area (TPSA) is 77.2 Å². The molecule has 0 aliphatic carbocycles. The molecular weight excluding hydrogens is 218 g/mol. The van der Waals surface area contributed by atoms with Crippen LogP contribution in [0.4, 0.5) is 0 Å². The van der Waals surface area contributed by atoms with Crippen LogP contribution in [0.15, 0.2) is 12.1 Å². The summed E-state index contributed by atoms with van der Waals surface area (Å²) in [6.45, 7) is 5.84. The lowest BCUT2D eigenvalue weighted by Crippen LogP contribution is -2.50. The van der Waals surface area contributed by atoms with E-state index < -0.39 is 11.4 Å². The predicted molar refractivity (Wildman–Crippen MR) is 65.6 cm³/mol. The van der Waals surface area contributed by atoms with E-state index in [1.54, 1.807) is 21.0 Å². The van der Waals surface area contributed by atoms with Crippen LogP contribution in [-0.4, -0.2) is 23.5 Å². The van der Waals surface area contributed by atoms with Gasteiger partial charge < -0.3 is 10.5 Å². The zero-order valence-corrected chi connectivity index (χ0v) is 10.7. The molecule has 0 bridgehead atoms. The number of aromatic nitrogens is 1. The molecule has 3 N–H and O–H groups in total. The monoisotopic (exact) mass is 237 g/mol. The van der Waals surface area contributed by atoms with E-state index in [9.17, 15) is 4.79 Å². The van der Waals surface area contributed by atoms with Gasteiger partial charge in [-0.15, -0.1) is 0 Å².